The summed E-state index contributed by atoms with van der Waals surface area (Å²) in [5.74, 6) is 0.183. The van der Waals surface area contributed by atoms with Gasteiger partial charge in [0.2, 0.25) is 10.0 Å². The van der Waals surface area contributed by atoms with Crippen LogP contribution in [0.2, 0.25) is 0 Å². The molecule has 1 aromatic carbocycles. The quantitative estimate of drug-likeness (QED) is 0.902. The average molecular weight is 294 g/mol. The minimum Gasteiger partial charge on any atom is -0.313 e. The second-order valence-corrected chi connectivity index (χ2v) is 7.82. The van der Waals surface area contributed by atoms with Gasteiger partial charge in [-0.15, -0.1) is 0 Å². The largest absolute Gasteiger partial charge is 0.313 e. The van der Waals surface area contributed by atoms with Crippen LogP contribution >= 0.6 is 0 Å². The normalized spacial score (nSPS) is 22.6. The number of nitrogens with one attached hydrogen (secondary N) is 1. The lowest BCUT2D eigenvalue weighted by Gasteiger charge is -2.36. The maximum absolute atomic E-state index is 12.6. The van der Waals surface area contributed by atoms with Crippen molar-refractivity contribution in [2.75, 3.05) is 16.6 Å². The summed E-state index contributed by atoms with van der Waals surface area (Å²) in [7, 11) is -3.24. The molecule has 1 atom stereocenters. The molecule has 1 saturated carbocycles. The van der Waals surface area contributed by atoms with Gasteiger partial charge in [-0.2, -0.15) is 0 Å². The summed E-state index contributed by atoms with van der Waals surface area (Å²) in [4.78, 5) is 0. The number of rotatable bonds is 5. The van der Waals surface area contributed by atoms with Crippen LogP contribution in [0.3, 0.4) is 0 Å². The van der Waals surface area contributed by atoms with Gasteiger partial charge >= 0.3 is 0 Å². The third-order valence-electron chi connectivity index (χ3n) is 4.13. The van der Waals surface area contributed by atoms with Crippen LogP contribution in [0.4, 0.5) is 5.69 Å². The van der Waals surface area contributed by atoms with Gasteiger partial charge in [0.25, 0.3) is 0 Å². The smallest absolute Gasteiger partial charge is 0.236 e. The van der Waals surface area contributed by atoms with E-state index in [-0.39, 0.29) is 11.8 Å². The Hall–Kier alpha value is -1.07. The summed E-state index contributed by atoms with van der Waals surface area (Å²) in [6.45, 7) is 2.56. The third-order valence-corrected chi connectivity index (χ3v) is 6.01. The van der Waals surface area contributed by atoms with E-state index in [0.717, 1.165) is 24.1 Å². The van der Waals surface area contributed by atoms with Crippen LogP contribution in [0.25, 0.3) is 0 Å². The monoisotopic (exact) mass is 294 g/mol. The fourth-order valence-electron chi connectivity index (χ4n) is 2.86. The Morgan fingerprint density at radius 2 is 2.00 bits per heavy atom. The Balaban J connectivity index is 1.79. The zero-order chi connectivity index (χ0) is 14.2. The Morgan fingerprint density at radius 1 is 1.25 bits per heavy atom. The zero-order valence-electron chi connectivity index (χ0n) is 11.9. The molecule has 1 aromatic rings. The molecule has 20 heavy (non-hydrogen) atoms. The van der Waals surface area contributed by atoms with Crippen LogP contribution in [0.15, 0.2) is 24.3 Å². The highest BCUT2D eigenvalue weighted by Crippen LogP contribution is 2.32. The van der Waals surface area contributed by atoms with Crippen molar-refractivity contribution >= 4 is 15.7 Å². The van der Waals surface area contributed by atoms with Crippen molar-refractivity contribution in [3.05, 3.63) is 29.8 Å². The maximum Gasteiger partial charge on any atom is 0.236 e. The molecule has 4 nitrogen and oxygen atoms in total. The van der Waals surface area contributed by atoms with Crippen molar-refractivity contribution in [2.24, 2.45) is 0 Å². The molecule has 1 aliphatic heterocycles. The van der Waals surface area contributed by atoms with E-state index < -0.39 is 10.0 Å². The summed E-state index contributed by atoms with van der Waals surface area (Å²) in [5, 5.41) is 3.28. The maximum atomic E-state index is 12.6. The molecule has 0 bridgehead atoms. The lowest BCUT2D eigenvalue weighted by Crippen LogP contribution is -2.44. The van der Waals surface area contributed by atoms with Gasteiger partial charge in [0.15, 0.2) is 0 Å². The number of benzene rings is 1. The van der Waals surface area contributed by atoms with Crippen molar-refractivity contribution in [3.8, 4) is 0 Å². The summed E-state index contributed by atoms with van der Waals surface area (Å²) < 4.78 is 26.9. The molecular formula is C15H22N2O2S. The molecule has 3 rings (SSSR count). The number of hydrogen-bond donors (Lipinski definition) is 1. The number of sulfonamides is 1. The van der Waals surface area contributed by atoms with Crippen molar-refractivity contribution in [1.82, 2.24) is 5.32 Å². The first-order valence-electron chi connectivity index (χ1n) is 7.41. The number of aryl methyl sites for hydroxylation is 1. The van der Waals surface area contributed by atoms with Gasteiger partial charge in [-0.25, -0.2) is 8.42 Å². The van der Waals surface area contributed by atoms with Crippen LogP contribution in [-0.4, -0.2) is 32.8 Å². The molecule has 1 aliphatic carbocycles. The number of nitrogens with zero attached hydrogens (tertiary/aromatic N) is 1. The summed E-state index contributed by atoms with van der Waals surface area (Å²) in [6.07, 6.45) is 4.22. The van der Waals surface area contributed by atoms with E-state index in [9.17, 15) is 8.42 Å². The molecule has 1 N–H and O–H groups in total. The first-order chi connectivity index (χ1) is 9.58. The fourth-order valence-corrected chi connectivity index (χ4v) is 4.56. The SMILES string of the molecule is CC1CCc2ccccc2N1S(=O)(=O)CCNC1CC1. The van der Waals surface area contributed by atoms with E-state index in [0.29, 0.717) is 12.6 Å². The van der Waals surface area contributed by atoms with Gasteiger partial charge in [0.1, 0.15) is 0 Å². The molecular weight excluding hydrogens is 272 g/mol. The molecule has 1 unspecified atom stereocenters. The molecule has 2 aliphatic rings. The Bertz CT molecular complexity index is 581. The van der Waals surface area contributed by atoms with E-state index in [1.54, 1.807) is 4.31 Å². The van der Waals surface area contributed by atoms with Gasteiger partial charge in [0.05, 0.1) is 11.4 Å². The van der Waals surface area contributed by atoms with Gasteiger partial charge in [0, 0.05) is 18.6 Å². The molecule has 0 amide bonds. The summed E-state index contributed by atoms with van der Waals surface area (Å²) >= 11 is 0. The molecule has 0 saturated heterocycles. The van der Waals surface area contributed by atoms with Crippen molar-refractivity contribution in [3.63, 3.8) is 0 Å². The van der Waals surface area contributed by atoms with Crippen molar-refractivity contribution in [1.29, 1.82) is 0 Å². The van der Waals surface area contributed by atoms with E-state index in [4.69, 9.17) is 0 Å². The molecule has 1 heterocycles. The second kappa shape index (κ2) is 5.37. The Labute approximate surface area is 121 Å². The van der Waals surface area contributed by atoms with Gasteiger partial charge in [-0.1, -0.05) is 18.2 Å². The predicted molar refractivity (Wildman–Crippen MR) is 81.5 cm³/mol. The number of fused-ring (bicyclic) bond motifs is 1. The lowest BCUT2D eigenvalue weighted by atomic mass is 9.99. The topological polar surface area (TPSA) is 49.4 Å². The van der Waals surface area contributed by atoms with Crippen LogP contribution in [0.5, 0.6) is 0 Å². The van der Waals surface area contributed by atoms with Gasteiger partial charge in [-0.3, -0.25) is 4.31 Å². The highest BCUT2D eigenvalue weighted by atomic mass is 32.2. The van der Waals surface area contributed by atoms with Crippen LogP contribution in [0, 0.1) is 0 Å². The van der Waals surface area contributed by atoms with Crippen molar-refractivity contribution in [2.45, 2.75) is 44.7 Å². The standard InChI is InChI=1S/C15H22N2O2S/c1-12-6-7-13-4-2-3-5-15(13)17(12)20(18,19)11-10-16-14-8-9-14/h2-5,12,14,16H,6-11H2,1H3. The average Bonchev–Trinajstić information content (AvgIpc) is 3.22. The van der Waals surface area contributed by atoms with Gasteiger partial charge < -0.3 is 5.32 Å². The summed E-state index contributed by atoms with van der Waals surface area (Å²) in [6, 6.07) is 8.46. The highest BCUT2D eigenvalue weighted by molar-refractivity contribution is 7.92. The Kier molecular flexibility index (Phi) is 3.73. The molecule has 5 heteroatoms. The molecule has 0 spiro atoms. The molecule has 0 radical (unpaired) electrons. The molecule has 110 valence electrons. The van der Waals surface area contributed by atoms with Gasteiger partial charge in [-0.05, 0) is 44.2 Å². The first kappa shape index (κ1) is 13.9. The van der Waals surface area contributed by atoms with Crippen LogP contribution in [0.1, 0.15) is 31.7 Å². The summed E-state index contributed by atoms with van der Waals surface area (Å²) in [5.41, 5.74) is 2.02. The van der Waals surface area contributed by atoms with E-state index in [2.05, 4.69) is 5.32 Å². The minimum atomic E-state index is -3.24. The van der Waals surface area contributed by atoms with Crippen molar-refractivity contribution < 1.29 is 8.42 Å². The lowest BCUT2D eigenvalue weighted by molar-refractivity contribution is 0.559. The zero-order valence-corrected chi connectivity index (χ0v) is 12.7. The predicted octanol–water partition coefficient (Wildman–Crippen LogP) is 1.91. The van der Waals surface area contributed by atoms with E-state index in [1.807, 2.05) is 31.2 Å². The van der Waals surface area contributed by atoms with E-state index >= 15 is 0 Å². The Morgan fingerprint density at radius 3 is 2.75 bits per heavy atom. The van der Waals surface area contributed by atoms with Crippen LogP contribution in [-0.2, 0) is 16.4 Å². The third kappa shape index (κ3) is 2.83. The fraction of sp³-hybridized carbons (Fsp3) is 0.600. The van der Waals surface area contributed by atoms with E-state index in [1.165, 1.54) is 12.8 Å². The first-order valence-corrected chi connectivity index (χ1v) is 9.02. The molecule has 1 fully saturated rings. The number of anilines is 1. The van der Waals surface area contributed by atoms with Crippen LogP contribution < -0.4 is 9.62 Å². The second-order valence-electron chi connectivity index (χ2n) is 5.86. The number of para-hydroxylation sites is 1. The number of hydrogen-bond acceptors (Lipinski definition) is 3. The minimum absolute atomic E-state index is 0.0517. The molecule has 0 aromatic heterocycles. The highest BCUT2D eigenvalue weighted by Gasteiger charge is 2.32.